The summed E-state index contributed by atoms with van der Waals surface area (Å²) in [5, 5.41) is 25.9. The van der Waals surface area contributed by atoms with Crippen LogP contribution in [0.2, 0.25) is 0 Å². The van der Waals surface area contributed by atoms with Gasteiger partial charge in [-0.2, -0.15) is 0 Å². The molecule has 1 saturated carbocycles. The molecule has 4 aromatic rings. The summed E-state index contributed by atoms with van der Waals surface area (Å²) < 4.78 is 24.0. The van der Waals surface area contributed by atoms with E-state index in [1.165, 1.54) is 12.8 Å². The Bertz CT molecular complexity index is 1530. The number of ether oxygens (including phenoxy) is 4. The third-order valence-corrected chi connectivity index (χ3v) is 9.12. The van der Waals surface area contributed by atoms with Gasteiger partial charge in [0.25, 0.3) is 0 Å². The molecule has 1 aliphatic heterocycles. The minimum absolute atomic E-state index is 0.189. The van der Waals surface area contributed by atoms with Crippen LogP contribution in [0.4, 0.5) is 0 Å². The molecule has 4 N–H and O–H groups in total. The van der Waals surface area contributed by atoms with Gasteiger partial charge >= 0.3 is 0 Å². The second-order valence-corrected chi connectivity index (χ2v) is 12.3. The predicted molar refractivity (Wildman–Crippen MR) is 177 cm³/mol. The third-order valence-electron chi connectivity index (χ3n) is 9.12. The van der Waals surface area contributed by atoms with E-state index in [0.717, 1.165) is 71.9 Å². The number of aromatic amines is 1. The van der Waals surface area contributed by atoms with Crippen LogP contribution in [0.3, 0.4) is 0 Å². The Morgan fingerprint density at radius 2 is 1.80 bits per heavy atom. The first-order chi connectivity index (χ1) is 22.1. The first-order valence-corrected chi connectivity index (χ1v) is 16.4. The number of nitrogens with one attached hydrogen (secondary N) is 2. The SMILES string of the molecule is COc1cc(CCO[C@H]2CCCC[C@H]2N2CCC(O)C2)ccc1OCCNC[C@@H](O)COc1cccc2[nH]c3ccccc3c12. The lowest BCUT2D eigenvalue weighted by Crippen LogP contribution is -2.46. The van der Waals surface area contributed by atoms with Gasteiger partial charge in [-0.05, 0) is 61.6 Å². The number of nitrogens with zero attached hydrogens (tertiary/aromatic N) is 1. The average molecular weight is 618 g/mol. The molecule has 2 heterocycles. The van der Waals surface area contributed by atoms with Crippen LogP contribution in [0.1, 0.15) is 37.7 Å². The lowest BCUT2D eigenvalue weighted by atomic mass is 9.91. The minimum atomic E-state index is -0.660. The molecular weight excluding hydrogens is 570 g/mol. The number of H-pyrrole nitrogens is 1. The Morgan fingerprint density at radius 3 is 2.67 bits per heavy atom. The predicted octanol–water partition coefficient (Wildman–Crippen LogP) is 4.67. The molecule has 0 bridgehead atoms. The van der Waals surface area contributed by atoms with Crippen LogP contribution in [0.15, 0.2) is 60.7 Å². The molecule has 0 spiro atoms. The Kier molecular flexibility index (Phi) is 10.8. The van der Waals surface area contributed by atoms with Crippen molar-refractivity contribution < 1.29 is 29.2 Å². The molecule has 9 nitrogen and oxygen atoms in total. The maximum atomic E-state index is 10.5. The summed E-state index contributed by atoms with van der Waals surface area (Å²) in [5.41, 5.74) is 3.23. The van der Waals surface area contributed by atoms with E-state index in [9.17, 15) is 10.2 Å². The molecule has 6 rings (SSSR count). The van der Waals surface area contributed by atoms with Gasteiger partial charge in [-0.1, -0.05) is 43.2 Å². The van der Waals surface area contributed by atoms with Gasteiger partial charge in [0.1, 0.15) is 25.1 Å². The molecule has 3 aromatic carbocycles. The Morgan fingerprint density at radius 1 is 0.933 bits per heavy atom. The van der Waals surface area contributed by atoms with Crippen LogP contribution in [0.25, 0.3) is 21.8 Å². The lowest BCUT2D eigenvalue weighted by molar-refractivity contribution is -0.0316. The van der Waals surface area contributed by atoms with Gasteiger partial charge in [0.15, 0.2) is 11.5 Å². The van der Waals surface area contributed by atoms with E-state index in [1.807, 2.05) is 42.5 Å². The number of aromatic nitrogens is 1. The first-order valence-electron chi connectivity index (χ1n) is 16.4. The summed E-state index contributed by atoms with van der Waals surface area (Å²) in [5.74, 6) is 2.16. The zero-order valence-corrected chi connectivity index (χ0v) is 26.2. The summed E-state index contributed by atoms with van der Waals surface area (Å²) in [7, 11) is 1.66. The van der Waals surface area contributed by atoms with E-state index < -0.39 is 6.10 Å². The van der Waals surface area contributed by atoms with Crippen LogP contribution < -0.4 is 19.5 Å². The number of rotatable bonds is 15. The van der Waals surface area contributed by atoms with E-state index in [2.05, 4.69) is 33.4 Å². The van der Waals surface area contributed by atoms with Crippen LogP contribution in [0.5, 0.6) is 17.2 Å². The maximum Gasteiger partial charge on any atom is 0.161 e. The van der Waals surface area contributed by atoms with E-state index >= 15 is 0 Å². The minimum Gasteiger partial charge on any atom is -0.493 e. The van der Waals surface area contributed by atoms with Gasteiger partial charge in [0, 0.05) is 48.5 Å². The van der Waals surface area contributed by atoms with Crippen LogP contribution in [-0.2, 0) is 11.2 Å². The van der Waals surface area contributed by atoms with Crippen molar-refractivity contribution in [3.8, 4) is 17.2 Å². The van der Waals surface area contributed by atoms with Crippen molar-refractivity contribution in [3.05, 3.63) is 66.2 Å². The molecule has 242 valence electrons. The van der Waals surface area contributed by atoms with E-state index in [-0.39, 0.29) is 18.8 Å². The van der Waals surface area contributed by atoms with Gasteiger partial charge in [-0.25, -0.2) is 0 Å². The van der Waals surface area contributed by atoms with Gasteiger partial charge in [-0.15, -0.1) is 0 Å². The van der Waals surface area contributed by atoms with E-state index in [0.29, 0.717) is 43.8 Å². The van der Waals surface area contributed by atoms with E-state index in [4.69, 9.17) is 18.9 Å². The monoisotopic (exact) mass is 617 g/mol. The summed E-state index contributed by atoms with van der Waals surface area (Å²) in [6.45, 7) is 4.00. The molecule has 1 unspecified atom stereocenters. The standard InChI is InChI=1S/C36H47N3O6/c1-42-35-21-25(16-19-43-32-11-5-4-10-31(32)39-18-15-26(40)23-39)13-14-33(35)44-20-17-37-22-27(41)24-45-34-12-6-9-30-36(34)28-7-2-3-8-29(28)38-30/h2-3,6-9,12-14,21,26-27,31-32,37-38,40-41H,4-5,10-11,15-20,22-24H2,1H3/t26?,27-,31-,32+/m1/s1. The highest BCUT2D eigenvalue weighted by Crippen LogP contribution is 2.33. The van der Waals surface area contributed by atoms with Crippen LogP contribution in [0, 0.1) is 0 Å². The highest BCUT2D eigenvalue weighted by Gasteiger charge is 2.34. The highest BCUT2D eigenvalue weighted by molar-refractivity contribution is 6.10. The molecule has 2 aliphatic rings. The largest absolute Gasteiger partial charge is 0.493 e. The van der Waals surface area contributed by atoms with Crippen molar-refractivity contribution in [3.63, 3.8) is 0 Å². The van der Waals surface area contributed by atoms with Crippen molar-refractivity contribution >= 4 is 21.8 Å². The second-order valence-electron chi connectivity index (χ2n) is 12.3. The molecule has 0 radical (unpaired) electrons. The molecule has 0 amide bonds. The Balaban J connectivity index is 0.910. The number of aliphatic hydroxyl groups is 2. The van der Waals surface area contributed by atoms with Crippen molar-refractivity contribution in [2.24, 2.45) is 0 Å². The quantitative estimate of drug-likeness (QED) is 0.143. The van der Waals surface area contributed by atoms with Crippen molar-refractivity contribution in [1.29, 1.82) is 0 Å². The number of β-amino-alcohol motifs (C(OH)–C–C–N with tert-alkyl or cyclic N) is 1. The van der Waals surface area contributed by atoms with E-state index in [1.54, 1.807) is 7.11 Å². The maximum absolute atomic E-state index is 10.5. The molecule has 1 aliphatic carbocycles. The summed E-state index contributed by atoms with van der Waals surface area (Å²) >= 11 is 0. The van der Waals surface area contributed by atoms with Crippen LogP contribution in [-0.4, -0.2) is 97.6 Å². The fraction of sp³-hybridized carbons (Fsp3) is 0.500. The van der Waals surface area contributed by atoms with Gasteiger partial charge in [0.05, 0.1) is 31.4 Å². The normalized spacial score (nSPS) is 21.4. The number of likely N-dealkylation sites (tertiary alicyclic amines) is 1. The fourth-order valence-electron chi connectivity index (χ4n) is 6.81. The van der Waals surface area contributed by atoms with Crippen molar-refractivity contribution in [2.45, 2.75) is 62.9 Å². The first kappa shape index (κ1) is 31.6. The smallest absolute Gasteiger partial charge is 0.161 e. The summed E-state index contributed by atoms with van der Waals surface area (Å²) in [6.07, 6.45) is 5.75. The third kappa shape index (κ3) is 7.91. The average Bonchev–Trinajstić information content (AvgIpc) is 3.68. The summed E-state index contributed by atoms with van der Waals surface area (Å²) in [6, 6.07) is 20.6. The Hall–Kier alpha value is -3.34. The number of fused-ring (bicyclic) bond motifs is 3. The molecule has 1 aromatic heterocycles. The fourth-order valence-corrected chi connectivity index (χ4v) is 6.81. The number of hydrogen-bond acceptors (Lipinski definition) is 8. The number of methoxy groups -OCH3 is 1. The number of hydrogen-bond donors (Lipinski definition) is 4. The van der Waals surface area contributed by atoms with Crippen LogP contribution >= 0.6 is 0 Å². The molecule has 4 atom stereocenters. The topological polar surface area (TPSA) is 108 Å². The van der Waals surface area contributed by atoms with Gasteiger partial charge < -0.3 is 39.5 Å². The zero-order valence-electron chi connectivity index (χ0n) is 26.2. The molecule has 1 saturated heterocycles. The lowest BCUT2D eigenvalue weighted by Gasteiger charge is -2.37. The van der Waals surface area contributed by atoms with Crippen molar-refractivity contribution in [1.82, 2.24) is 15.2 Å². The Labute approximate surface area is 265 Å². The number of aliphatic hydroxyl groups excluding tert-OH is 2. The van der Waals surface area contributed by atoms with Crippen molar-refractivity contribution in [2.75, 3.05) is 53.1 Å². The zero-order chi connectivity index (χ0) is 31.0. The molecule has 2 fully saturated rings. The number of benzene rings is 3. The van der Waals surface area contributed by atoms with Gasteiger partial charge in [-0.3, -0.25) is 4.90 Å². The number of para-hydroxylation sites is 1. The highest BCUT2D eigenvalue weighted by atomic mass is 16.5. The van der Waals surface area contributed by atoms with Gasteiger partial charge in [0.2, 0.25) is 0 Å². The molecular formula is C36H47N3O6. The summed E-state index contributed by atoms with van der Waals surface area (Å²) in [4.78, 5) is 5.85. The second kappa shape index (κ2) is 15.3. The molecule has 9 heteroatoms. The molecule has 45 heavy (non-hydrogen) atoms.